The van der Waals surface area contributed by atoms with Gasteiger partial charge in [-0.1, -0.05) is 80.2 Å². The van der Waals surface area contributed by atoms with Gasteiger partial charge in [0.05, 0.1) is 0 Å². The molecule has 1 heteroatoms. The first kappa shape index (κ1) is 13.1. The van der Waals surface area contributed by atoms with Crippen molar-refractivity contribution in [3.8, 4) is 0 Å². The zero-order chi connectivity index (χ0) is 12.5. The molecule has 1 atom stereocenters. The van der Waals surface area contributed by atoms with Crippen LogP contribution < -0.4 is 0 Å². The zero-order valence-electron chi connectivity index (χ0n) is 11.2. The molecule has 0 aromatic heterocycles. The SMILES string of the molecule is CC(C)(C)c1ccc(C(Br)CC2CCC2)cc1. The Kier molecular flexibility index (Phi) is 3.97. The van der Waals surface area contributed by atoms with E-state index in [4.69, 9.17) is 0 Å². The lowest BCUT2D eigenvalue weighted by Gasteiger charge is -2.28. The molecule has 0 nitrogen and oxygen atoms in total. The molecule has 1 fully saturated rings. The molecule has 2 rings (SSSR count). The fourth-order valence-electron chi connectivity index (χ4n) is 2.35. The van der Waals surface area contributed by atoms with Crippen LogP contribution in [0.3, 0.4) is 0 Å². The highest BCUT2D eigenvalue weighted by Crippen LogP contribution is 2.39. The summed E-state index contributed by atoms with van der Waals surface area (Å²) in [7, 11) is 0. The van der Waals surface area contributed by atoms with Gasteiger partial charge in [-0.05, 0) is 28.9 Å². The van der Waals surface area contributed by atoms with Crippen molar-refractivity contribution in [1.29, 1.82) is 0 Å². The molecule has 0 radical (unpaired) electrons. The minimum absolute atomic E-state index is 0.258. The van der Waals surface area contributed by atoms with Gasteiger partial charge in [0.2, 0.25) is 0 Å². The average Bonchev–Trinajstić information content (AvgIpc) is 2.22. The molecular weight excluding hydrogens is 272 g/mol. The van der Waals surface area contributed by atoms with Crippen LogP contribution in [-0.4, -0.2) is 0 Å². The van der Waals surface area contributed by atoms with Crippen molar-refractivity contribution in [2.24, 2.45) is 5.92 Å². The van der Waals surface area contributed by atoms with E-state index in [1.165, 1.54) is 36.8 Å². The lowest BCUT2D eigenvalue weighted by atomic mass is 9.81. The van der Waals surface area contributed by atoms with Gasteiger partial charge in [-0.25, -0.2) is 0 Å². The van der Waals surface area contributed by atoms with Gasteiger partial charge in [-0.15, -0.1) is 0 Å². The Balaban J connectivity index is 2.01. The predicted molar refractivity (Wildman–Crippen MR) is 78.8 cm³/mol. The van der Waals surface area contributed by atoms with Crippen molar-refractivity contribution in [2.75, 3.05) is 0 Å². The molecule has 1 saturated carbocycles. The highest BCUT2D eigenvalue weighted by molar-refractivity contribution is 9.09. The molecule has 1 unspecified atom stereocenters. The monoisotopic (exact) mass is 294 g/mol. The molecule has 0 aliphatic heterocycles. The summed E-state index contributed by atoms with van der Waals surface area (Å²) >= 11 is 3.84. The van der Waals surface area contributed by atoms with Crippen LogP contribution in [0.25, 0.3) is 0 Å². The van der Waals surface area contributed by atoms with Crippen molar-refractivity contribution in [2.45, 2.75) is 56.7 Å². The van der Waals surface area contributed by atoms with E-state index in [2.05, 4.69) is 61.0 Å². The molecule has 1 aliphatic carbocycles. The summed E-state index contributed by atoms with van der Waals surface area (Å²) in [6.07, 6.45) is 5.60. The van der Waals surface area contributed by atoms with Gasteiger partial charge in [-0.2, -0.15) is 0 Å². The third-order valence-electron chi connectivity index (χ3n) is 3.90. The molecule has 0 heterocycles. The van der Waals surface area contributed by atoms with E-state index < -0.39 is 0 Å². The van der Waals surface area contributed by atoms with E-state index in [1.807, 2.05) is 0 Å². The highest BCUT2D eigenvalue weighted by Gasteiger charge is 2.22. The van der Waals surface area contributed by atoms with Crippen LogP contribution in [0.5, 0.6) is 0 Å². The molecule has 0 saturated heterocycles. The Morgan fingerprint density at radius 3 is 2.18 bits per heavy atom. The Bertz CT molecular complexity index is 354. The topological polar surface area (TPSA) is 0 Å². The summed E-state index contributed by atoms with van der Waals surface area (Å²) in [4.78, 5) is 0.543. The second-order valence-electron chi connectivity index (χ2n) is 6.37. The lowest BCUT2D eigenvalue weighted by Crippen LogP contribution is -2.13. The number of benzene rings is 1. The largest absolute Gasteiger partial charge is 0.0839 e. The highest BCUT2D eigenvalue weighted by atomic mass is 79.9. The van der Waals surface area contributed by atoms with Crippen molar-refractivity contribution in [3.63, 3.8) is 0 Å². The first-order valence-corrected chi connectivity index (χ1v) is 7.63. The van der Waals surface area contributed by atoms with Crippen LogP contribution in [0.1, 0.15) is 62.4 Å². The standard InChI is InChI=1S/C16H23Br/c1-16(2,3)14-9-7-13(8-10-14)15(17)11-12-5-4-6-12/h7-10,12,15H,4-6,11H2,1-3H3. The third-order valence-corrected chi connectivity index (χ3v) is 4.81. The molecule has 0 bridgehead atoms. The van der Waals surface area contributed by atoms with Crippen molar-refractivity contribution >= 4 is 15.9 Å². The van der Waals surface area contributed by atoms with Crippen molar-refractivity contribution in [3.05, 3.63) is 35.4 Å². The van der Waals surface area contributed by atoms with Crippen LogP contribution in [-0.2, 0) is 5.41 Å². The second-order valence-corrected chi connectivity index (χ2v) is 7.48. The number of hydrogen-bond donors (Lipinski definition) is 0. The molecule has 1 aromatic rings. The normalized spacial score (nSPS) is 18.8. The van der Waals surface area contributed by atoms with Crippen LogP contribution >= 0.6 is 15.9 Å². The van der Waals surface area contributed by atoms with E-state index in [0.29, 0.717) is 4.83 Å². The van der Waals surface area contributed by atoms with E-state index in [-0.39, 0.29) is 5.41 Å². The van der Waals surface area contributed by atoms with E-state index in [1.54, 1.807) is 0 Å². The van der Waals surface area contributed by atoms with E-state index in [0.717, 1.165) is 5.92 Å². The third kappa shape index (κ3) is 3.34. The molecular formula is C16H23Br. The fourth-order valence-corrected chi connectivity index (χ4v) is 3.18. The summed E-state index contributed by atoms with van der Waals surface area (Å²) in [5.74, 6) is 0.960. The summed E-state index contributed by atoms with van der Waals surface area (Å²) in [6, 6.07) is 9.14. The molecule has 94 valence electrons. The first-order valence-electron chi connectivity index (χ1n) is 6.71. The molecule has 1 aliphatic rings. The number of hydrogen-bond acceptors (Lipinski definition) is 0. The number of rotatable bonds is 3. The Morgan fingerprint density at radius 1 is 1.18 bits per heavy atom. The van der Waals surface area contributed by atoms with Gasteiger partial charge >= 0.3 is 0 Å². The fraction of sp³-hybridized carbons (Fsp3) is 0.625. The smallest absolute Gasteiger partial charge is 0.0397 e. The maximum atomic E-state index is 3.84. The minimum atomic E-state index is 0.258. The van der Waals surface area contributed by atoms with Gasteiger partial charge in [0.15, 0.2) is 0 Å². The van der Waals surface area contributed by atoms with Crippen LogP contribution in [0.15, 0.2) is 24.3 Å². The summed E-state index contributed by atoms with van der Waals surface area (Å²) in [5.41, 5.74) is 3.11. The van der Waals surface area contributed by atoms with Gasteiger partial charge in [-0.3, -0.25) is 0 Å². The Labute approximate surface area is 114 Å². The maximum absolute atomic E-state index is 3.84. The molecule has 0 spiro atoms. The second kappa shape index (κ2) is 5.14. The predicted octanol–water partition coefficient (Wildman–Crippen LogP) is 5.61. The Hall–Kier alpha value is -0.300. The summed E-state index contributed by atoms with van der Waals surface area (Å²) in [5, 5.41) is 0. The molecule has 0 amide bonds. The lowest BCUT2D eigenvalue weighted by molar-refractivity contribution is 0.295. The molecule has 1 aromatic carbocycles. The maximum Gasteiger partial charge on any atom is 0.0397 e. The van der Waals surface area contributed by atoms with E-state index in [9.17, 15) is 0 Å². The molecule has 17 heavy (non-hydrogen) atoms. The van der Waals surface area contributed by atoms with Crippen molar-refractivity contribution < 1.29 is 0 Å². The van der Waals surface area contributed by atoms with Gasteiger partial charge in [0, 0.05) is 4.83 Å². The van der Waals surface area contributed by atoms with Crippen molar-refractivity contribution in [1.82, 2.24) is 0 Å². The van der Waals surface area contributed by atoms with Crippen LogP contribution in [0.2, 0.25) is 0 Å². The van der Waals surface area contributed by atoms with Gasteiger partial charge < -0.3 is 0 Å². The molecule has 0 N–H and O–H groups in total. The van der Waals surface area contributed by atoms with Crippen LogP contribution in [0.4, 0.5) is 0 Å². The van der Waals surface area contributed by atoms with E-state index >= 15 is 0 Å². The van der Waals surface area contributed by atoms with Gasteiger partial charge in [0.25, 0.3) is 0 Å². The first-order chi connectivity index (χ1) is 7.97. The van der Waals surface area contributed by atoms with Gasteiger partial charge in [0.1, 0.15) is 0 Å². The minimum Gasteiger partial charge on any atom is -0.0839 e. The summed E-state index contributed by atoms with van der Waals surface area (Å²) < 4.78 is 0. The van der Waals surface area contributed by atoms with Crippen LogP contribution in [0, 0.1) is 5.92 Å². The zero-order valence-corrected chi connectivity index (χ0v) is 12.8. The average molecular weight is 295 g/mol. The Morgan fingerprint density at radius 2 is 1.76 bits per heavy atom. The summed E-state index contributed by atoms with van der Waals surface area (Å²) in [6.45, 7) is 6.80. The number of alkyl halides is 1. The quantitative estimate of drug-likeness (QED) is 0.636. The number of halogens is 1.